The number of hydrogen-bond donors (Lipinski definition) is 1. The minimum atomic E-state index is -0.498. The zero-order valence-electron chi connectivity index (χ0n) is 16.1. The Morgan fingerprint density at radius 2 is 2.00 bits per heavy atom. The van der Waals surface area contributed by atoms with E-state index in [4.69, 9.17) is 9.47 Å². The second kappa shape index (κ2) is 8.87. The minimum Gasteiger partial charge on any atom is -0.481 e. The first kappa shape index (κ1) is 19.2. The number of nitrogens with zero attached hydrogens (tertiary/aromatic N) is 1. The average molecular weight is 360 g/mol. The molecule has 144 valence electrons. The molecule has 0 spiro atoms. The number of rotatable bonds is 6. The monoisotopic (exact) mass is 360 g/mol. The van der Waals surface area contributed by atoms with Gasteiger partial charge in [0.05, 0.1) is 13.2 Å². The molecule has 0 aromatic heterocycles. The summed E-state index contributed by atoms with van der Waals surface area (Å²) >= 11 is 0. The van der Waals surface area contributed by atoms with E-state index < -0.39 is 6.10 Å². The highest BCUT2D eigenvalue weighted by Crippen LogP contribution is 2.33. The normalized spacial score (nSPS) is 21.8. The van der Waals surface area contributed by atoms with E-state index in [1.807, 2.05) is 38.1 Å². The topological polar surface area (TPSA) is 50.8 Å². The van der Waals surface area contributed by atoms with E-state index in [0.717, 1.165) is 50.5 Å². The number of amides is 1. The fourth-order valence-electron chi connectivity index (χ4n) is 4.19. The quantitative estimate of drug-likeness (QED) is 0.847. The molecular formula is C21H32N2O3. The van der Waals surface area contributed by atoms with Gasteiger partial charge in [0.25, 0.3) is 5.91 Å². The Kier molecular flexibility index (Phi) is 6.54. The standard InChI is InChI=1S/C21H32N2O3/c1-17-7-6-8-19(15-17)26-18(2)20(24)22-16-21(9-4-3-5-10-21)23-11-13-25-14-12-23/h6-8,15,18H,3-5,9-14,16H2,1-2H3,(H,22,24). The SMILES string of the molecule is Cc1cccc(OC(C)C(=O)NCC2(N3CCOCC3)CCCCC2)c1. The van der Waals surface area contributed by atoms with Gasteiger partial charge in [-0.1, -0.05) is 31.4 Å². The summed E-state index contributed by atoms with van der Waals surface area (Å²) in [6, 6.07) is 7.82. The van der Waals surface area contributed by atoms with Crippen molar-refractivity contribution in [3.05, 3.63) is 29.8 Å². The van der Waals surface area contributed by atoms with Crippen molar-refractivity contribution in [2.24, 2.45) is 0 Å². The van der Waals surface area contributed by atoms with Crippen LogP contribution in [0.3, 0.4) is 0 Å². The first-order chi connectivity index (χ1) is 12.6. The number of carbonyl (C=O) groups is 1. The van der Waals surface area contributed by atoms with Crippen LogP contribution in [-0.4, -0.2) is 55.3 Å². The molecule has 1 saturated carbocycles. The van der Waals surface area contributed by atoms with Gasteiger partial charge in [0, 0.05) is 25.2 Å². The largest absolute Gasteiger partial charge is 0.481 e. The minimum absolute atomic E-state index is 0.0373. The second-order valence-electron chi connectivity index (χ2n) is 7.68. The van der Waals surface area contributed by atoms with Crippen molar-refractivity contribution in [3.8, 4) is 5.75 Å². The average Bonchev–Trinajstić information content (AvgIpc) is 2.67. The lowest BCUT2D eigenvalue weighted by Gasteiger charge is -2.48. The molecule has 1 aromatic rings. The van der Waals surface area contributed by atoms with Gasteiger partial charge < -0.3 is 14.8 Å². The zero-order valence-corrected chi connectivity index (χ0v) is 16.1. The first-order valence-corrected chi connectivity index (χ1v) is 9.93. The van der Waals surface area contributed by atoms with Crippen LogP contribution in [0.2, 0.25) is 0 Å². The van der Waals surface area contributed by atoms with Crippen LogP contribution < -0.4 is 10.1 Å². The van der Waals surface area contributed by atoms with E-state index in [-0.39, 0.29) is 11.4 Å². The molecule has 1 heterocycles. The first-order valence-electron chi connectivity index (χ1n) is 9.93. The van der Waals surface area contributed by atoms with Crippen LogP contribution in [0, 0.1) is 6.92 Å². The molecule has 2 aliphatic rings. The zero-order chi connectivity index (χ0) is 18.4. The predicted molar refractivity (Wildman–Crippen MR) is 102 cm³/mol. The highest BCUT2D eigenvalue weighted by molar-refractivity contribution is 5.80. The van der Waals surface area contributed by atoms with Gasteiger partial charge in [0.2, 0.25) is 0 Å². The smallest absolute Gasteiger partial charge is 0.260 e. The molecule has 1 N–H and O–H groups in total. The van der Waals surface area contributed by atoms with Crippen molar-refractivity contribution in [1.29, 1.82) is 0 Å². The van der Waals surface area contributed by atoms with Crippen molar-refractivity contribution < 1.29 is 14.3 Å². The van der Waals surface area contributed by atoms with Gasteiger partial charge in [-0.3, -0.25) is 9.69 Å². The van der Waals surface area contributed by atoms with E-state index in [1.165, 1.54) is 19.3 Å². The number of carbonyl (C=O) groups excluding carboxylic acids is 1. The van der Waals surface area contributed by atoms with E-state index in [9.17, 15) is 4.79 Å². The highest BCUT2D eigenvalue weighted by Gasteiger charge is 2.39. The fraction of sp³-hybridized carbons (Fsp3) is 0.667. The summed E-state index contributed by atoms with van der Waals surface area (Å²) in [6.07, 6.45) is 5.58. The van der Waals surface area contributed by atoms with E-state index >= 15 is 0 Å². The molecule has 1 aliphatic carbocycles. The summed E-state index contributed by atoms with van der Waals surface area (Å²) in [4.78, 5) is 15.2. The molecule has 0 bridgehead atoms. The lowest BCUT2D eigenvalue weighted by atomic mass is 9.79. The van der Waals surface area contributed by atoms with E-state index in [2.05, 4.69) is 10.2 Å². The summed E-state index contributed by atoms with van der Waals surface area (Å²) < 4.78 is 11.4. The number of hydrogen-bond acceptors (Lipinski definition) is 4. The third kappa shape index (κ3) is 4.77. The Morgan fingerprint density at radius 3 is 2.69 bits per heavy atom. The van der Waals surface area contributed by atoms with Crippen LogP contribution in [0.5, 0.6) is 5.75 Å². The highest BCUT2D eigenvalue weighted by atomic mass is 16.5. The molecule has 5 nitrogen and oxygen atoms in total. The molecule has 1 atom stereocenters. The summed E-state index contributed by atoms with van der Waals surface area (Å²) in [5.41, 5.74) is 1.21. The Hall–Kier alpha value is -1.59. The Labute approximate surface area is 157 Å². The van der Waals surface area contributed by atoms with Crippen LogP contribution in [0.25, 0.3) is 0 Å². The van der Waals surface area contributed by atoms with Crippen molar-refractivity contribution in [2.75, 3.05) is 32.8 Å². The molecular weight excluding hydrogens is 328 g/mol. The lowest BCUT2D eigenvalue weighted by molar-refractivity contribution is -0.128. The van der Waals surface area contributed by atoms with Crippen molar-refractivity contribution in [1.82, 2.24) is 10.2 Å². The van der Waals surface area contributed by atoms with Gasteiger partial charge >= 0.3 is 0 Å². The summed E-state index contributed by atoms with van der Waals surface area (Å²) in [6.45, 7) is 8.06. The lowest BCUT2D eigenvalue weighted by Crippen LogP contribution is -2.60. The number of morpholine rings is 1. The second-order valence-corrected chi connectivity index (χ2v) is 7.68. The molecule has 1 amide bonds. The van der Waals surface area contributed by atoms with Crippen LogP contribution in [0.1, 0.15) is 44.6 Å². The molecule has 26 heavy (non-hydrogen) atoms. The van der Waals surface area contributed by atoms with Gasteiger partial charge in [-0.05, 0) is 44.4 Å². The maximum absolute atomic E-state index is 12.6. The van der Waals surface area contributed by atoms with Crippen LogP contribution in [0.15, 0.2) is 24.3 Å². The summed E-state index contributed by atoms with van der Waals surface area (Å²) in [5.74, 6) is 0.706. The van der Waals surface area contributed by atoms with Gasteiger partial charge in [-0.2, -0.15) is 0 Å². The predicted octanol–water partition coefficient (Wildman–Crippen LogP) is 2.91. The molecule has 5 heteroatoms. The number of benzene rings is 1. The van der Waals surface area contributed by atoms with Gasteiger partial charge in [0.15, 0.2) is 6.10 Å². The maximum atomic E-state index is 12.6. The van der Waals surface area contributed by atoms with Crippen molar-refractivity contribution in [2.45, 2.75) is 57.6 Å². The molecule has 0 radical (unpaired) electrons. The van der Waals surface area contributed by atoms with Crippen LogP contribution >= 0.6 is 0 Å². The number of aryl methyl sites for hydroxylation is 1. The molecule has 1 saturated heterocycles. The van der Waals surface area contributed by atoms with Gasteiger partial charge in [-0.15, -0.1) is 0 Å². The molecule has 3 rings (SSSR count). The van der Waals surface area contributed by atoms with Crippen LogP contribution in [-0.2, 0) is 9.53 Å². The Balaban J connectivity index is 1.58. The molecule has 1 aliphatic heterocycles. The Bertz CT molecular complexity index is 593. The van der Waals surface area contributed by atoms with Crippen molar-refractivity contribution in [3.63, 3.8) is 0 Å². The molecule has 1 aromatic carbocycles. The van der Waals surface area contributed by atoms with Gasteiger partial charge in [-0.25, -0.2) is 0 Å². The van der Waals surface area contributed by atoms with Crippen LogP contribution in [0.4, 0.5) is 0 Å². The molecule has 2 fully saturated rings. The van der Waals surface area contributed by atoms with Crippen molar-refractivity contribution >= 4 is 5.91 Å². The summed E-state index contributed by atoms with van der Waals surface area (Å²) in [5, 5.41) is 3.18. The number of nitrogens with one attached hydrogen (secondary N) is 1. The number of ether oxygens (including phenoxy) is 2. The maximum Gasteiger partial charge on any atom is 0.260 e. The fourth-order valence-corrected chi connectivity index (χ4v) is 4.19. The summed E-state index contributed by atoms with van der Waals surface area (Å²) in [7, 11) is 0. The third-order valence-corrected chi connectivity index (χ3v) is 5.73. The van der Waals surface area contributed by atoms with Gasteiger partial charge in [0.1, 0.15) is 5.75 Å². The third-order valence-electron chi connectivity index (χ3n) is 5.73. The van der Waals surface area contributed by atoms with E-state index in [1.54, 1.807) is 0 Å². The van der Waals surface area contributed by atoms with E-state index in [0.29, 0.717) is 6.54 Å². The molecule has 1 unspecified atom stereocenters. The Morgan fingerprint density at radius 1 is 1.27 bits per heavy atom.